The highest BCUT2D eigenvalue weighted by molar-refractivity contribution is 5.79. The second-order valence-electron chi connectivity index (χ2n) is 2.71. The van der Waals surface area contributed by atoms with Crippen LogP contribution >= 0.6 is 0 Å². The summed E-state index contributed by atoms with van der Waals surface area (Å²) in [6, 6.07) is 0. The molecule has 0 aromatic heterocycles. The standard InChI is InChI=1S/C7H11NO3/c9-6-1-3-8(4-2-6)5-7(10)11/h1-5H2,(H,10,11). The number of piperidine rings is 1. The third kappa shape index (κ3) is 2.67. The third-order valence-corrected chi connectivity index (χ3v) is 1.77. The van der Waals surface area contributed by atoms with E-state index in [9.17, 15) is 9.59 Å². The Kier molecular flexibility index (Phi) is 2.59. The lowest BCUT2D eigenvalue weighted by Crippen LogP contribution is -2.37. The first-order valence-electron chi connectivity index (χ1n) is 3.64. The molecule has 1 rings (SSSR count). The SMILES string of the molecule is O=C(O)CN1CCC(=O)CC1. The van der Waals surface area contributed by atoms with Crippen molar-refractivity contribution in [2.24, 2.45) is 0 Å². The Morgan fingerprint density at radius 1 is 1.45 bits per heavy atom. The van der Waals surface area contributed by atoms with Gasteiger partial charge in [-0.25, -0.2) is 0 Å². The molecule has 1 heterocycles. The number of carboxylic acid groups (broad SMARTS) is 1. The van der Waals surface area contributed by atoms with Gasteiger partial charge in [-0.05, 0) is 0 Å². The van der Waals surface area contributed by atoms with Crippen molar-refractivity contribution in [2.45, 2.75) is 12.8 Å². The number of likely N-dealkylation sites (tertiary alicyclic amines) is 1. The van der Waals surface area contributed by atoms with Crippen LogP contribution in [-0.2, 0) is 9.59 Å². The molecule has 62 valence electrons. The molecule has 1 fully saturated rings. The maximum absolute atomic E-state index is 10.7. The molecule has 1 saturated heterocycles. The zero-order chi connectivity index (χ0) is 8.27. The van der Waals surface area contributed by atoms with Crippen molar-refractivity contribution in [1.29, 1.82) is 0 Å². The first-order chi connectivity index (χ1) is 5.18. The molecule has 0 spiro atoms. The maximum Gasteiger partial charge on any atom is 0.317 e. The average molecular weight is 157 g/mol. The maximum atomic E-state index is 10.7. The molecule has 1 aliphatic heterocycles. The van der Waals surface area contributed by atoms with E-state index >= 15 is 0 Å². The second-order valence-corrected chi connectivity index (χ2v) is 2.71. The van der Waals surface area contributed by atoms with E-state index in [-0.39, 0.29) is 12.3 Å². The van der Waals surface area contributed by atoms with Gasteiger partial charge in [0, 0.05) is 25.9 Å². The molecule has 11 heavy (non-hydrogen) atoms. The van der Waals surface area contributed by atoms with E-state index in [2.05, 4.69) is 0 Å². The van der Waals surface area contributed by atoms with E-state index in [0.29, 0.717) is 25.9 Å². The van der Waals surface area contributed by atoms with Gasteiger partial charge in [0.1, 0.15) is 5.78 Å². The molecular formula is C7H11NO3. The van der Waals surface area contributed by atoms with E-state index in [4.69, 9.17) is 5.11 Å². The Balaban J connectivity index is 2.28. The van der Waals surface area contributed by atoms with E-state index < -0.39 is 5.97 Å². The smallest absolute Gasteiger partial charge is 0.317 e. The minimum absolute atomic E-state index is 0.0628. The number of carboxylic acids is 1. The van der Waals surface area contributed by atoms with Crippen molar-refractivity contribution in [3.8, 4) is 0 Å². The van der Waals surface area contributed by atoms with Gasteiger partial charge >= 0.3 is 5.97 Å². The highest BCUT2D eigenvalue weighted by Crippen LogP contribution is 2.04. The molecule has 0 aliphatic carbocycles. The summed E-state index contributed by atoms with van der Waals surface area (Å²) in [4.78, 5) is 22.7. The van der Waals surface area contributed by atoms with Gasteiger partial charge in [0.25, 0.3) is 0 Å². The van der Waals surface area contributed by atoms with Crippen LogP contribution < -0.4 is 0 Å². The number of aliphatic carboxylic acids is 1. The lowest BCUT2D eigenvalue weighted by molar-refractivity contribution is -0.139. The summed E-state index contributed by atoms with van der Waals surface area (Å²) < 4.78 is 0. The molecule has 4 nitrogen and oxygen atoms in total. The molecule has 0 aromatic rings. The predicted molar refractivity (Wildman–Crippen MR) is 38.3 cm³/mol. The minimum Gasteiger partial charge on any atom is -0.480 e. The average Bonchev–Trinajstić information content (AvgIpc) is 1.93. The van der Waals surface area contributed by atoms with Gasteiger partial charge < -0.3 is 5.11 Å². The van der Waals surface area contributed by atoms with Crippen molar-refractivity contribution >= 4 is 11.8 Å². The van der Waals surface area contributed by atoms with Crippen LogP contribution in [0.25, 0.3) is 0 Å². The minimum atomic E-state index is -0.820. The summed E-state index contributed by atoms with van der Waals surface area (Å²) in [5.74, 6) is -0.578. The molecular weight excluding hydrogens is 146 g/mol. The Morgan fingerprint density at radius 2 is 2.00 bits per heavy atom. The highest BCUT2D eigenvalue weighted by atomic mass is 16.4. The van der Waals surface area contributed by atoms with Crippen LogP contribution in [0.2, 0.25) is 0 Å². The van der Waals surface area contributed by atoms with E-state index in [1.165, 1.54) is 0 Å². The van der Waals surface area contributed by atoms with Crippen molar-refractivity contribution in [3.63, 3.8) is 0 Å². The van der Waals surface area contributed by atoms with Crippen LogP contribution in [0.1, 0.15) is 12.8 Å². The highest BCUT2D eigenvalue weighted by Gasteiger charge is 2.17. The summed E-state index contributed by atoms with van der Waals surface area (Å²) >= 11 is 0. The molecule has 1 N–H and O–H groups in total. The van der Waals surface area contributed by atoms with Crippen LogP contribution in [0, 0.1) is 0 Å². The molecule has 0 amide bonds. The summed E-state index contributed by atoms with van der Waals surface area (Å²) in [6.07, 6.45) is 1.01. The summed E-state index contributed by atoms with van der Waals surface area (Å²) in [5, 5.41) is 8.41. The Morgan fingerprint density at radius 3 is 2.45 bits per heavy atom. The van der Waals surface area contributed by atoms with Crippen LogP contribution in [0.5, 0.6) is 0 Å². The third-order valence-electron chi connectivity index (χ3n) is 1.77. The summed E-state index contributed by atoms with van der Waals surface area (Å²) in [5.41, 5.74) is 0. The number of hydrogen-bond donors (Lipinski definition) is 1. The number of ketones is 1. The summed E-state index contributed by atoms with van der Waals surface area (Å²) in [6.45, 7) is 1.27. The molecule has 0 unspecified atom stereocenters. The van der Waals surface area contributed by atoms with Gasteiger partial charge in [-0.2, -0.15) is 0 Å². The Hall–Kier alpha value is -0.900. The number of carbonyl (C=O) groups is 2. The summed E-state index contributed by atoms with van der Waals surface area (Å²) in [7, 11) is 0. The number of carbonyl (C=O) groups excluding carboxylic acids is 1. The van der Waals surface area contributed by atoms with E-state index in [1.807, 2.05) is 0 Å². The van der Waals surface area contributed by atoms with Gasteiger partial charge in [0.2, 0.25) is 0 Å². The molecule has 4 heteroatoms. The first kappa shape index (κ1) is 8.20. The van der Waals surface area contributed by atoms with Crippen LogP contribution in [0.4, 0.5) is 0 Å². The lowest BCUT2D eigenvalue weighted by atomic mass is 10.1. The number of rotatable bonds is 2. The zero-order valence-electron chi connectivity index (χ0n) is 6.25. The largest absolute Gasteiger partial charge is 0.480 e. The van der Waals surface area contributed by atoms with Gasteiger partial charge in [0.05, 0.1) is 6.54 Å². The van der Waals surface area contributed by atoms with Gasteiger partial charge in [0.15, 0.2) is 0 Å². The number of nitrogens with zero attached hydrogens (tertiary/aromatic N) is 1. The Bertz CT molecular complexity index is 169. The first-order valence-corrected chi connectivity index (χ1v) is 3.64. The van der Waals surface area contributed by atoms with Gasteiger partial charge in [-0.1, -0.05) is 0 Å². The zero-order valence-corrected chi connectivity index (χ0v) is 6.25. The van der Waals surface area contributed by atoms with E-state index in [0.717, 1.165) is 0 Å². The van der Waals surface area contributed by atoms with E-state index in [1.54, 1.807) is 4.90 Å². The predicted octanol–water partition coefficient (Wildman–Crippen LogP) is -0.264. The van der Waals surface area contributed by atoms with Crippen LogP contribution in [0.15, 0.2) is 0 Å². The molecule has 0 saturated carbocycles. The monoisotopic (exact) mass is 157 g/mol. The topological polar surface area (TPSA) is 57.6 Å². The molecule has 0 radical (unpaired) electrons. The van der Waals surface area contributed by atoms with Crippen molar-refractivity contribution in [1.82, 2.24) is 4.90 Å². The molecule has 0 bridgehead atoms. The molecule has 1 aliphatic rings. The van der Waals surface area contributed by atoms with Crippen molar-refractivity contribution in [3.05, 3.63) is 0 Å². The quantitative estimate of drug-likeness (QED) is 0.599. The fourth-order valence-corrected chi connectivity index (χ4v) is 1.15. The number of Topliss-reactive ketones (excluding diaryl/α,β-unsaturated/α-hetero) is 1. The molecule has 0 aromatic carbocycles. The lowest BCUT2D eigenvalue weighted by Gasteiger charge is -2.23. The number of hydrogen-bond acceptors (Lipinski definition) is 3. The fourth-order valence-electron chi connectivity index (χ4n) is 1.15. The van der Waals surface area contributed by atoms with Crippen LogP contribution in [0.3, 0.4) is 0 Å². The van der Waals surface area contributed by atoms with Gasteiger partial charge in [-0.3, -0.25) is 14.5 Å². The van der Waals surface area contributed by atoms with Crippen molar-refractivity contribution in [2.75, 3.05) is 19.6 Å². The van der Waals surface area contributed by atoms with Crippen LogP contribution in [-0.4, -0.2) is 41.4 Å². The van der Waals surface area contributed by atoms with Gasteiger partial charge in [-0.15, -0.1) is 0 Å². The fraction of sp³-hybridized carbons (Fsp3) is 0.714. The molecule has 0 atom stereocenters. The Labute approximate surface area is 64.8 Å². The van der Waals surface area contributed by atoms with Crippen molar-refractivity contribution < 1.29 is 14.7 Å². The normalized spacial score (nSPS) is 20.2. The second kappa shape index (κ2) is 3.48.